The van der Waals surface area contributed by atoms with Crippen LogP contribution < -0.4 is 5.84 Å². The maximum absolute atomic E-state index is 10.0. The summed E-state index contributed by atoms with van der Waals surface area (Å²) in [6.45, 7) is 0. The van der Waals surface area contributed by atoms with Crippen molar-refractivity contribution in [1.82, 2.24) is 5.01 Å². The lowest BCUT2D eigenvalue weighted by Gasteiger charge is -2.14. The van der Waals surface area contributed by atoms with Gasteiger partial charge in [0.25, 0.3) is 5.88 Å². The average molecular weight is 142 g/mol. The minimum atomic E-state index is 0.150. The third kappa shape index (κ3) is 1.26. The van der Waals surface area contributed by atoms with Crippen LogP contribution in [0.5, 0.6) is 0 Å². The largest absolute Gasteiger partial charge is 0.464 e. The first-order valence-electron chi connectivity index (χ1n) is 2.51. The lowest BCUT2D eigenvalue weighted by molar-refractivity contribution is -0.118. The van der Waals surface area contributed by atoms with Crippen molar-refractivity contribution in [3.8, 4) is 0 Å². The predicted octanol–water partition coefficient (Wildman–Crippen LogP) is -0.365. The number of carbonyl (C=O) groups is 1. The van der Waals surface area contributed by atoms with E-state index >= 15 is 0 Å². The maximum Gasteiger partial charge on any atom is 0.252 e. The van der Waals surface area contributed by atoms with E-state index in [1.54, 1.807) is 0 Å². The maximum atomic E-state index is 10.0. The quantitative estimate of drug-likeness (QED) is 0.247. The Morgan fingerprint density at radius 1 is 1.60 bits per heavy atom. The molecule has 0 saturated carbocycles. The van der Waals surface area contributed by atoms with Crippen LogP contribution in [0.15, 0.2) is 24.7 Å². The van der Waals surface area contributed by atoms with Crippen LogP contribution in [0, 0.1) is 0 Å². The summed E-state index contributed by atoms with van der Waals surface area (Å²) in [5.74, 6) is 5.26. The van der Waals surface area contributed by atoms with Crippen molar-refractivity contribution in [3.05, 3.63) is 24.7 Å². The second kappa shape index (κ2) is 2.88. The monoisotopic (exact) mass is 142 g/mol. The summed E-state index contributed by atoms with van der Waals surface area (Å²) in [6, 6.07) is 0. The van der Waals surface area contributed by atoms with E-state index in [9.17, 15) is 4.79 Å². The van der Waals surface area contributed by atoms with E-state index in [0.717, 1.165) is 5.01 Å². The van der Waals surface area contributed by atoms with E-state index in [1.165, 1.54) is 18.8 Å². The third-order valence-electron chi connectivity index (χ3n) is 0.860. The van der Waals surface area contributed by atoms with E-state index in [4.69, 9.17) is 10.6 Å². The van der Waals surface area contributed by atoms with E-state index in [0.29, 0.717) is 6.41 Å². The van der Waals surface area contributed by atoms with Gasteiger partial charge in [-0.2, -0.15) is 0 Å². The van der Waals surface area contributed by atoms with Crippen molar-refractivity contribution in [2.75, 3.05) is 0 Å². The predicted molar refractivity (Wildman–Crippen MR) is 31.5 cm³/mol. The molecule has 0 atom stereocenters. The molecule has 0 fully saturated rings. The Kier molecular flexibility index (Phi) is 1.91. The Labute approximate surface area is 57.3 Å². The summed E-state index contributed by atoms with van der Waals surface area (Å²) < 4.78 is 9.41. The van der Waals surface area contributed by atoms with Crippen LogP contribution in [-0.4, -0.2) is 11.4 Å². The van der Waals surface area contributed by atoms with Gasteiger partial charge in [-0.25, -0.2) is 10.9 Å². The summed E-state index contributed by atoms with van der Waals surface area (Å²) in [5, 5.41) is 0.767. The fourth-order valence-electron chi connectivity index (χ4n) is 0.428. The molecule has 0 aromatic carbocycles. The molecule has 1 aliphatic rings. The first-order chi connectivity index (χ1) is 4.84. The van der Waals surface area contributed by atoms with Gasteiger partial charge in [0, 0.05) is 0 Å². The molecule has 0 aliphatic carbocycles. The van der Waals surface area contributed by atoms with Gasteiger partial charge in [-0.1, -0.05) is 0 Å². The van der Waals surface area contributed by atoms with Gasteiger partial charge in [0.2, 0.25) is 6.41 Å². The van der Waals surface area contributed by atoms with Gasteiger partial charge >= 0.3 is 0 Å². The zero-order valence-electron chi connectivity index (χ0n) is 5.06. The van der Waals surface area contributed by atoms with Crippen molar-refractivity contribution in [2.45, 2.75) is 0 Å². The molecule has 1 aliphatic heterocycles. The molecule has 5 nitrogen and oxygen atoms in total. The van der Waals surface area contributed by atoms with Crippen LogP contribution >= 0.6 is 0 Å². The number of rotatable bonds is 2. The molecule has 1 amide bonds. The second-order valence-corrected chi connectivity index (χ2v) is 1.49. The van der Waals surface area contributed by atoms with Crippen LogP contribution in [0.25, 0.3) is 0 Å². The normalized spacial score (nSPS) is 14.7. The highest BCUT2D eigenvalue weighted by Gasteiger charge is 2.06. The molecule has 1 heterocycles. The summed E-state index contributed by atoms with van der Waals surface area (Å²) in [6.07, 6.45) is 4.23. The molecule has 10 heavy (non-hydrogen) atoms. The van der Waals surface area contributed by atoms with Crippen molar-refractivity contribution < 1.29 is 14.3 Å². The number of hydrogen-bond donors (Lipinski definition) is 1. The van der Waals surface area contributed by atoms with Crippen LogP contribution in [0.2, 0.25) is 0 Å². The molecule has 54 valence electrons. The zero-order valence-corrected chi connectivity index (χ0v) is 5.06. The lowest BCUT2D eigenvalue weighted by Crippen LogP contribution is -2.29. The summed E-state index contributed by atoms with van der Waals surface area (Å²) in [7, 11) is 0. The number of ether oxygens (including phenoxy) is 2. The third-order valence-corrected chi connectivity index (χ3v) is 0.860. The molecular formula is C5H6N2O3. The van der Waals surface area contributed by atoms with Gasteiger partial charge in [0.05, 0.1) is 0 Å². The Balaban J connectivity index is 2.55. The van der Waals surface area contributed by atoms with Crippen LogP contribution in [0.1, 0.15) is 0 Å². The SMILES string of the molecule is NN(C=O)C1=COC=CO1. The minimum Gasteiger partial charge on any atom is -0.464 e. The van der Waals surface area contributed by atoms with E-state index in [1.807, 2.05) is 0 Å². The van der Waals surface area contributed by atoms with Gasteiger partial charge in [0.15, 0.2) is 6.26 Å². The van der Waals surface area contributed by atoms with Gasteiger partial charge < -0.3 is 9.47 Å². The van der Waals surface area contributed by atoms with Crippen molar-refractivity contribution in [3.63, 3.8) is 0 Å². The van der Waals surface area contributed by atoms with Gasteiger partial charge in [-0.3, -0.25) is 4.79 Å². The smallest absolute Gasteiger partial charge is 0.252 e. The van der Waals surface area contributed by atoms with E-state index in [2.05, 4.69) is 4.74 Å². The number of hydrazine groups is 1. The van der Waals surface area contributed by atoms with E-state index < -0.39 is 0 Å². The Hall–Kier alpha value is -1.49. The van der Waals surface area contributed by atoms with E-state index in [-0.39, 0.29) is 5.88 Å². The number of carbonyl (C=O) groups excluding carboxylic acids is 1. The number of hydrogen-bond acceptors (Lipinski definition) is 4. The average Bonchev–Trinajstić information content (AvgIpc) is 2.05. The minimum absolute atomic E-state index is 0.150. The Bertz CT molecular complexity index is 187. The summed E-state index contributed by atoms with van der Waals surface area (Å²) in [5.41, 5.74) is 0. The number of nitrogens with zero attached hydrogens (tertiary/aromatic N) is 1. The molecule has 5 heteroatoms. The van der Waals surface area contributed by atoms with Crippen LogP contribution in [-0.2, 0) is 14.3 Å². The molecule has 0 aromatic heterocycles. The molecular weight excluding hydrogens is 136 g/mol. The van der Waals surface area contributed by atoms with Crippen molar-refractivity contribution >= 4 is 6.41 Å². The summed E-state index contributed by atoms with van der Waals surface area (Å²) in [4.78, 5) is 10.0. The molecule has 0 spiro atoms. The number of amides is 1. The molecule has 0 saturated heterocycles. The fraction of sp³-hybridized carbons (Fsp3) is 0. The molecule has 0 unspecified atom stereocenters. The highest BCUT2D eigenvalue weighted by Crippen LogP contribution is 2.04. The topological polar surface area (TPSA) is 64.8 Å². The van der Waals surface area contributed by atoms with Crippen molar-refractivity contribution in [1.29, 1.82) is 0 Å². The number of nitrogens with two attached hydrogens (primary N) is 1. The van der Waals surface area contributed by atoms with Gasteiger partial charge in [-0.15, -0.1) is 0 Å². The van der Waals surface area contributed by atoms with Gasteiger partial charge in [0.1, 0.15) is 12.5 Å². The molecule has 0 radical (unpaired) electrons. The molecule has 2 N–H and O–H groups in total. The Morgan fingerprint density at radius 3 is 2.90 bits per heavy atom. The first kappa shape index (κ1) is 6.63. The van der Waals surface area contributed by atoms with Crippen LogP contribution in [0.4, 0.5) is 0 Å². The molecule has 1 rings (SSSR count). The molecule has 0 aromatic rings. The highest BCUT2D eigenvalue weighted by molar-refractivity contribution is 5.48. The standard InChI is InChI=1S/C5H6N2O3/c6-7(4-8)5-3-9-1-2-10-5/h1-4H,6H2. The summed E-state index contributed by atoms with van der Waals surface area (Å²) >= 11 is 0. The molecule has 0 bridgehead atoms. The zero-order chi connectivity index (χ0) is 7.40. The second-order valence-electron chi connectivity index (χ2n) is 1.49. The Morgan fingerprint density at radius 2 is 2.40 bits per heavy atom. The lowest BCUT2D eigenvalue weighted by atomic mass is 10.7. The first-order valence-corrected chi connectivity index (χ1v) is 2.51. The highest BCUT2D eigenvalue weighted by atomic mass is 16.5. The fourth-order valence-corrected chi connectivity index (χ4v) is 0.428. The van der Waals surface area contributed by atoms with Gasteiger partial charge in [-0.05, 0) is 0 Å². The van der Waals surface area contributed by atoms with Crippen LogP contribution in [0.3, 0.4) is 0 Å². The van der Waals surface area contributed by atoms with Crippen molar-refractivity contribution in [2.24, 2.45) is 5.84 Å².